The minimum absolute atomic E-state index is 0.0624. The summed E-state index contributed by atoms with van der Waals surface area (Å²) in [6.07, 6.45) is 1.70. The SMILES string of the molecule is CCCCOC(=O)c1cc(O)[nH]c(=O)c1. The highest BCUT2D eigenvalue weighted by molar-refractivity contribution is 5.89. The van der Waals surface area contributed by atoms with Gasteiger partial charge in [-0.15, -0.1) is 0 Å². The molecule has 0 unspecified atom stereocenters. The Morgan fingerprint density at radius 3 is 2.87 bits per heavy atom. The molecule has 0 fully saturated rings. The summed E-state index contributed by atoms with van der Waals surface area (Å²) >= 11 is 0. The highest BCUT2D eigenvalue weighted by Gasteiger charge is 2.08. The minimum atomic E-state index is -0.593. The third kappa shape index (κ3) is 3.46. The van der Waals surface area contributed by atoms with Crippen LogP contribution < -0.4 is 5.56 Å². The van der Waals surface area contributed by atoms with Gasteiger partial charge in [-0.1, -0.05) is 13.3 Å². The molecule has 0 saturated heterocycles. The van der Waals surface area contributed by atoms with E-state index in [0.29, 0.717) is 6.61 Å². The van der Waals surface area contributed by atoms with E-state index in [1.807, 2.05) is 6.92 Å². The van der Waals surface area contributed by atoms with Gasteiger partial charge in [-0.3, -0.25) is 9.78 Å². The molecule has 5 heteroatoms. The van der Waals surface area contributed by atoms with Crippen molar-refractivity contribution in [3.05, 3.63) is 28.0 Å². The number of ether oxygens (including phenoxy) is 1. The molecule has 0 aromatic carbocycles. The highest BCUT2D eigenvalue weighted by atomic mass is 16.5. The van der Waals surface area contributed by atoms with Gasteiger partial charge in [-0.25, -0.2) is 4.79 Å². The lowest BCUT2D eigenvalue weighted by Crippen LogP contribution is -2.12. The van der Waals surface area contributed by atoms with Gasteiger partial charge in [0.2, 0.25) is 0 Å². The lowest BCUT2D eigenvalue weighted by Gasteiger charge is -2.03. The zero-order valence-electron chi connectivity index (χ0n) is 8.45. The van der Waals surface area contributed by atoms with E-state index >= 15 is 0 Å². The Bertz CT molecular complexity index is 397. The van der Waals surface area contributed by atoms with E-state index in [2.05, 4.69) is 4.98 Å². The molecule has 1 aromatic heterocycles. The number of pyridine rings is 1. The second-order valence-corrected chi connectivity index (χ2v) is 3.11. The number of esters is 1. The number of unbranched alkanes of at least 4 members (excludes halogenated alkanes) is 1. The first-order valence-corrected chi connectivity index (χ1v) is 4.74. The third-order valence-corrected chi connectivity index (χ3v) is 1.80. The summed E-state index contributed by atoms with van der Waals surface area (Å²) in [5.74, 6) is -0.935. The van der Waals surface area contributed by atoms with Gasteiger partial charge in [0.05, 0.1) is 12.2 Å². The topological polar surface area (TPSA) is 79.4 Å². The maximum atomic E-state index is 11.3. The van der Waals surface area contributed by atoms with Crippen molar-refractivity contribution < 1.29 is 14.6 Å². The Morgan fingerprint density at radius 2 is 2.27 bits per heavy atom. The standard InChI is InChI=1S/C10H13NO4/c1-2-3-4-15-10(14)7-5-8(12)11-9(13)6-7/h5-6H,2-4H2,1H3,(H2,11,12,13). The van der Waals surface area contributed by atoms with Gasteiger partial charge in [0.25, 0.3) is 5.56 Å². The number of nitrogens with one attached hydrogen (secondary N) is 1. The van der Waals surface area contributed by atoms with Gasteiger partial charge in [-0.2, -0.15) is 0 Å². The van der Waals surface area contributed by atoms with E-state index in [9.17, 15) is 9.59 Å². The van der Waals surface area contributed by atoms with E-state index in [-0.39, 0.29) is 11.4 Å². The average molecular weight is 211 g/mol. The van der Waals surface area contributed by atoms with Crippen LogP contribution in [0.3, 0.4) is 0 Å². The molecule has 1 rings (SSSR count). The second kappa shape index (κ2) is 5.19. The van der Waals surface area contributed by atoms with Gasteiger partial charge >= 0.3 is 5.97 Å². The van der Waals surface area contributed by atoms with Crippen LogP contribution in [-0.4, -0.2) is 22.7 Å². The molecule has 0 aliphatic rings. The van der Waals surface area contributed by atoms with Crippen LogP contribution in [0.1, 0.15) is 30.1 Å². The van der Waals surface area contributed by atoms with E-state index in [1.54, 1.807) is 0 Å². The van der Waals surface area contributed by atoms with Crippen molar-refractivity contribution in [1.82, 2.24) is 4.98 Å². The van der Waals surface area contributed by atoms with E-state index in [4.69, 9.17) is 9.84 Å². The number of aromatic hydroxyl groups is 1. The normalized spacial score (nSPS) is 9.93. The quantitative estimate of drug-likeness (QED) is 0.576. The largest absolute Gasteiger partial charge is 0.494 e. The van der Waals surface area contributed by atoms with Gasteiger partial charge in [-0.05, 0) is 6.42 Å². The summed E-state index contributed by atoms with van der Waals surface area (Å²) in [5.41, 5.74) is -0.468. The fourth-order valence-electron chi connectivity index (χ4n) is 1.04. The molecule has 0 aliphatic carbocycles. The molecule has 1 heterocycles. The number of hydrogen-bond acceptors (Lipinski definition) is 4. The van der Waals surface area contributed by atoms with Crippen LogP contribution in [0.2, 0.25) is 0 Å². The first kappa shape index (κ1) is 11.3. The van der Waals surface area contributed by atoms with Gasteiger partial charge in [0, 0.05) is 12.1 Å². The molecule has 2 N–H and O–H groups in total. The molecule has 0 bridgehead atoms. The summed E-state index contributed by atoms with van der Waals surface area (Å²) in [5, 5.41) is 9.05. The van der Waals surface area contributed by atoms with Crippen molar-refractivity contribution in [1.29, 1.82) is 0 Å². The van der Waals surface area contributed by atoms with E-state index in [1.165, 1.54) is 0 Å². The molecule has 0 spiro atoms. The number of carbonyl (C=O) groups is 1. The Hall–Kier alpha value is -1.78. The van der Waals surface area contributed by atoms with Crippen LogP contribution in [0.5, 0.6) is 5.88 Å². The van der Waals surface area contributed by atoms with Crippen molar-refractivity contribution in [2.75, 3.05) is 6.61 Å². The summed E-state index contributed by atoms with van der Waals surface area (Å²) in [4.78, 5) is 24.4. The molecule has 0 saturated carbocycles. The summed E-state index contributed by atoms with van der Waals surface area (Å²) in [6, 6.07) is 2.25. The Labute approximate surface area is 86.7 Å². The molecule has 15 heavy (non-hydrogen) atoms. The number of aromatic amines is 1. The average Bonchev–Trinajstić information content (AvgIpc) is 2.16. The molecule has 1 aromatic rings. The van der Waals surface area contributed by atoms with Crippen molar-refractivity contribution in [2.45, 2.75) is 19.8 Å². The van der Waals surface area contributed by atoms with Crippen LogP contribution in [0.25, 0.3) is 0 Å². The molecule has 0 amide bonds. The molecule has 0 radical (unpaired) electrons. The van der Waals surface area contributed by atoms with Gasteiger partial charge in [0.15, 0.2) is 5.88 Å². The molecule has 0 atom stereocenters. The van der Waals surface area contributed by atoms with Crippen molar-refractivity contribution in [2.24, 2.45) is 0 Å². The first-order chi connectivity index (χ1) is 7.13. The Morgan fingerprint density at radius 1 is 1.53 bits per heavy atom. The summed E-state index contributed by atoms with van der Waals surface area (Å²) in [7, 11) is 0. The Kier molecular flexibility index (Phi) is 3.91. The lowest BCUT2D eigenvalue weighted by molar-refractivity contribution is 0.0499. The van der Waals surface area contributed by atoms with Crippen LogP contribution in [0, 0.1) is 0 Å². The number of rotatable bonds is 4. The molecular formula is C10H13NO4. The maximum Gasteiger partial charge on any atom is 0.338 e. The van der Waals surface area contributed by atoms with Gasteiger partial charge in [0.1, 0.15) is 0 Å². The predicted octanol–water partition coefficient (Wildman–Crippen LogP) is 1.04. The van der Waals surface area contributed by atoms with Crippen LogP contribution in [0.15, 0.2) is 16.9 Å². The predicted molar refractivity (Wildman–Crippen MR) is 53.9 cm³/mol. The zero-order valence-corrected chi connectivity index (χ0v) is 8.45. The molecule has 82 valence electrons. The molecule has 5 nitrogen and oxygen atoms in total. The van der Waals surface area contributed by atoms with Crippen molar-refractivity contribution >= 4 is 5.97 Å². The van der Waals surface area contributed by atoms with Crippen LogP contribution in [0.4, 0.5) is 0 Å². The monoisotopic (exact) mass is 211 g/mol. The van der Waals surface area contributed by atoms with Crippen LogP contribution >= 0.6 is 0 Å². The zero-order chi connectivity index (χ0) is 11.3. The van der Waals surface area contributed by atoms with Crippen molar-refractivity contribution in [3.63, 3.8) is 0 Å². The van der Waals surface area contributed by atoms with Gasteiger partial charge < -0.3 is 9.84 Å². The maximum absolute atomic E-state index is 11.3. The smallest absolute Gasteiger partial charge is 0.338 e. The summed E-state index contributed by atoms with van der Waals surface area (Å²) in [6.45, 7) is 2.30. The fraction of sp³-hybridized carbons (Fsp3) is 0.400. The second-order valence-electron chi connectivity index (χ2n) is 3.11. The first-order valence-electron chi connectivity index (χ1n) is 4.74. The lowest BCUT2D eigenvalue weighted by atomic mass is 10.2. The number of aromatic nitrogens is 1. The van der Waals surface area contributed by atoms with E-state index in [0.717, 1.165) is 25.0 Å². The molecular weight excluding hydrogens is 198 g/mol. The summed E-state index contributed by atoms with van der Waals surface area (Å²) < 4.78 is 4.88. The number of hydrogen-bond donors (Lipinski definition) is 2. The van der Waals surface area contributed by atoms with Crippen LogP contribution in [-0.2, 0) is 4.74 Å². The molecule has 0 aliphatic heterocycles. The highest BCUT2D eigenvalue weighted by Crippen LogP contribution is 2.06. The number of carbonyl (C=O) groups excluding carboxylic acids is 1. The van der Waals surface area contributed by atoms with Crippen molar-refractivity contribution in [3.8, 4) is 5.88 Å². The van der Waals surface area contributed by atoms with E-state index < -0.39 is 11.5 Å². The fourth-order valence-corrected chi connectivity index (χ4v) is 1.04. The minimum Gasteiger partial charge on any atom is -0.494 e. The number of H-pyrrole nitrogens is 1. The third-order valence-electron chi connectivity index (χ3n) is 1.80. The Balaban J connectivity index is 2.69.